The zero-order chi connectivity index (χ0) is 11.7. The molecule has 16 heavy (non-hydrogen) atoms. The lowest BCUT2D eigenvalue weighted by Gasteiger charge is -2.06. The van der Waals surface area contributed by atoms with Crippen LogP contribution in [-0.2, 0) is 0 Å². The van der Waals surface area contributed by atoms with Gasteiger partial charge in [0.2, 0.25) is 0 Å². The third kappa shape index (κ3) is 2.80. The molecule has 0 aliphatic rings. The van der Waals surface area contributed by atoms with Gasteiger partial charge in [-0.2, -0.15) is 0 Å². The fourth-order valence-corrected chi connectivity index (χ4v) is 2.79. The summed E-state index contributed by atoms with van der Waals surface area (Å²) in [4.78, 5) is 0. The molecule has 0 amide bonds. The van der Waals surface area contributed by atoms with Gasteiger partial charge in [0.25, 0.3) is 0 Å². The van der Waals surface area contributed by atoms with Crippen LogP contribution in [0.15, 0.2) is 45.3 Å². The van der Waals surface area contributed by atoms with Crippen LogP contribution < -0.4 is 0 Å². The van der Waals surface area contributed by atoms with E-state index in [1.807, 2.05) is 30.3 Å². The molecule has 0 fully saturated rings. The van der Waals surface area contributed by atoms with Gasteiger partial charge in [0, 0.05) is 19.0 Å². The van der Waals surface area contributed by atoms with E-state index >= 15 is 0 Å². The molecule has 0 radical (unpaired) electrons. The highest BCUT2D eigenvalue weighted by molar-refractivity contribution is 9.11. The van der Waals surface area contributed by atoms with Crippen molar-refractivity contribution in [2.24, 2.45) is 0 Å². The van der Waals surface area contributed by atoms with Crippen LogP contribution in [0.2, 0.25) is 10.0 Å². The molecule has 0 atom stereocenters. The third-order valence-corrected chi connectivity index (χ3v) is 3.72. The molecule has 0 spiro atoms. The summed E-state index contributed by atoms with van der Waals surface area (Å²) in [6, 6.07) is 11.5. The normalized spacial score (nSPS) is 10.5. The van der Waals surface area contributed by atoms with Crippen LogP contribution in [0.25, 0.3) is 11.1 Å². The molecule has 0 unspecified atom stereocenters. The highest BCUT2D eigenvalue weighted by Crippen LogP contribution is 2.34. The molecule has 0 bridgehead atoms. The maximum Gasteiger partial charge on any atom is 0.0426 e. The van der Waals surface area contributed by atoms with Gasteiger partial charge in [-0.3, -0.25) is 0 Å². The second-order valence-corrected chi connectivity index (χ2v) is 5.93. The molecular formula is C12H6Br2Cl2. The molecule has 0 nitrogen and oxygen atoms in total. The SMILES string of the molecule is Clc1cc(Cl)cc(-c2cc(Br)ccc2Br)c1. The van der Waals surface area contributed by atoms with Crippen LogP contribution in [0.5, 0.6) is 0 Å². The van der Waals surface area contributed by atoms with E-state index in [1.54, 1.807) is 6.07 Å². The summed E-state index contributed by atoms with van der Waals surface area (Å²) in [5, 5.41) is 1.27. The van der Waals surface area contributed by atoms with Crippen molar-refractivity contribution in [3.05, 3.63) is 55.4 Å². The summed E-state index contributed by atoms with van der Waals surface area (Å²) in [7, 11) is 0. The van der Waals surface area contributed by atoms with Crippen LogP contribution in [0.1, 0.15) is 0 Å². The molecule has 0 aliphatic carbocycles. The van der Waals surface area contributed by atoms with Crippen molar-refractivity contribution in [1.82, 2.24) is 0 Å². The number of rotatable bonds is 1. The summed E-state index contributed by atoms with van der Waals surface area (Å²) in [6.07, 6.45) is 0. The number of halogens is 4. The van der Waals surface area contributed by atoms with Crippen molar-refractivity contribution in [1.29, 1.82) is 0 Å². The van der Waals surface area contributed by atoms with Crippen molar-refractivity contribution in [3.63, 3.8) is 0 Å². The Morgan fingerprint density at radius 2 is 1.44 bits per heavy atom. The number of benzene rings is 2. The van der Waals surface area contributed by atoms with Gasteiger partial charge in [0.1, 0.15) is 0 Å². The van der Waals surface area contributed by atoms with Crippen LogP contribution in [0.3, 0.4) is 0 Å². The van der Waals surface area contributed by atoms with E-state index in [9.17, 15) is 0 Å². The molecule has 2 aromatic rings. The minimum Gasteiger partial charge on any atom is -0.0843 e. The molecule has 0 saturated carbocycles. The predicted molar refractivity (Wildman–Crippen MR) is 77.3 cm³/mol. The molecule has 0 aliphatic heterocycles. The molecular weight excluding hydrogens is 375 g/mol. The maximum absolute atomic E-state index is 5.98. The summed E-state index contributed by atoms with van der Waals surface area (Å²) >= 11 is 18.9. The first-order valence-corrected chi connectivity index (χ1v) is 6.82. The maximum atomic E-state index is 5.98. The van der Waals surface area contributed by atoms with Crippen molar-refractivity contribution < 1.29 is 0 Å². The fraction of sp³-hybridized carbons (Fsp3) is 0. The van der Waals surface area contributed by atoms with Gasteiger partial charge >= 0.3 is 0 Å². The van der Waals surface area contributed by atoms with E-state index in [0.29, 0.717) is 10.0 Å². The Balaban J connectivity index is 2.62. The lowest BCUT2D eigenvalue weighted by molar-refractivity contribution is 1.56. The molecule has 0 saturated heterocycles. The highest BCUT2D eigenvalue weighted by Gasteiger charge is 2.06. The summed E-state index contributed by atoms with van der Waals surface area (Å²) in [6.45, 7) is 0. The van der Waals surface area contributed by atoms with E-state index in [2.05, 4.69) is 31.9 Å². The fourth-order valence-electron chi connectivity index (χ4n) is 1.43. The van der Waals surface area contributed by atoms with Gasteiger partial charge in [-0.05, 0) is 47.5 Å². The van der Waals surface area contributed by atoms with Crippen LogP contribution in [-0.4, -0.2) is 0 Å². The second kappa shape index (κ2) is 5.09. The first-order chi connectivity index (χ1) is 7.56. The van der Waals surface area contributed by atoms with Crippen molar-refractivity contribution >= 4 is 55.1 Å². The Morgan fingerprint density at radius 3 is 2.06 bits per heavy atom. The van der Waals surface area contributed by atoms with Crippen molar-refractivity contribution in [3.8, 4) is 11.1 Å². The first kappa shape index (κ1) is 12.4. The Kier molecular flexibility index (Phi) is 3.96. The van der Waals surface area contributed by atoms with E-state index in [-0.39, 0.29) is 0 Å². The predicted octanol–water partition coefficient (Wildman–Crippen LogP) is 6.19. The number of hydrogen-bond acceptors (Lipinski definition) is 0. The van der Waals surface area contributed by atoms with E-state index in [1.165, 1.54) is 0 Å². The molecule has 2 aromatic carbocycles. The summed E-state index contributed by atoms with van der Waals surface area (Å²) in [5.74, 6) is 0. The van der Waals surface area contributed by atoms with Gasteiger partial charge in [-0.1, -0.05) is 55.1 Å². The minimum atomic E-state index is 0.634. The zero-order valence-electron chi connectivity index (χ0n) is 7.98. The molecule has 2 rings (SSSR count). The number of hydrogen-bond donors (Lipinski definition) is 0. The quantitative estimate of drug-likeness (QED) is 0.553. The van der Waals surface area contributed by atoms with E-state index < -0.39 is 0 Å². The highest BCUT2D eigenvalue weighted by atomic mass is 79.9. The van der Waals surface area contributed by atoms with E-state index in [0.717, 1.165) is 20.1 Å². The van der Waals surface area contributed by atoms with Crippen molar-refractivity contribution in [2.75, 3.05) is 0 Å². The molecule has 0 N–H and O–H groups in total. The smallest absolute Gasteiger partial charge is 0.0426 e. The zero-order valence-corrected chi connectivity index (χ0v) is 12.7. The average Bonchev–Trinajstić information content (AvgIpc) is 2.20. The van der Waals surface area contributed by atoms with Gasteiger partial charge in [0.15, 0.2) is 0 Å². The van der Waals surface area contributed by atoms with Gasteiger partial charge in [0.05, 0.1) is 0 Å². The van der Waals surface area contributed by atoms with Crippen LogP contribution in [0, 0.1) is 0 Å². The topological polar surface area (TPSA) is 0 Å². The standard InChI is InChI=1S/C12H6Br2Cl2/c13-8-1-2-12(14)11(5-8)7-3-9(15)6-10(16)4-7/h1-6H. The van der Waals surface area contributed by atoms with E-state index in [4.69, 9.17) is 23.2 Å². The monoisotopic (exact) mass is 378 g/mol. The molecule has 0 aromatic heterocycles. The Hall–Kier alpha value is -0.0200. The van der Waals surface area contributed by atoms with Crippen LogP contribution >= 0.6 is 55.1 Å². The summed E-state index contributed by atoms with van der Waals surface area (Å²) < 4.78 is 2.02. The molecule has 0 heterocycles. The lowest BCUT2D eigenvalue weighted by atomic mass is 10.1. The minimum absolute atomic E-state index is 0.634. The Morgan fingerprint density at radius 1 is 0.812 bits per heavy atom. The lowest BCUT2D eigenvalue weighted by Crippen LogP contribution is -1.81. The average molecular weight is 381 g/mol. The van der Waals surface area contributed by atoms with Gasteiger partial charge in [-0.15, -0.1) is 0 Å². The first-order valence-electron chi connectivity index (χ1n) is 4.48. The Labute approximate surface area is 121 Å². The Bertz CT molecular complexity index is 518. The summed E-state index contributed by atoms with van der Waals surface area (Å²) in [5.41, 5.74) is 2.05. The van der Waals surface area contributed by atoms with Crippen LogP contribution in [0.4, 0.5) is 0 Å². The van der Waals surface area contributed by atoms with Gasteiger partial charge < -0.3 is 0 Å². The second-order valence-electron chi connectivity index (χ2n) is 3.28. The van der Waals surface area contributed by atoms with Gasteiger partial charge in [-0.25, -0.2) is 0 Å². The molecule has 82 valence electrons. The third-order valence-electron chi connectivity index (χ3n) is 2.10. The largest absolute Gasteiger partial charge is 0.0843 e. The van der Waals surface area contributed by atoms with Crippen molar-refractivity contribution in [2.45, 2.75) is 0 Å². The molecule has 4 heteroatoms.